The summed E-state index contributed by atoms with van der Waals surface area (Å²) in [6, 6.07) is 0. The number of hydrogen-bond donors (Lipinski definition) is 0. The highest BCUT2D eigenvalue weighted by molar-refractivity contribution is 4.84. The average molecular weight is 212 g/mol. The minimum absolute atomic E-state index is 0.498. The molecule has 0 bridgehead atoms. The van der Waals surface area contributed by atoms with E-state index in [-0.39, 0.29) is 0 Å². The molecule has 15 heavy (non-hydrogen) atoms. The molecule has 2 unspecified atom stereocenters. The second kappa shape index (κ2) is 6.55. The van der Waals surface area contributed by atoms with E-state index in [2.05, 4.69) is 48.5 Å². The predicted octanol–water partition coefficient (Wildman–Crippen LogP) is 5.52. The third kappa shape index (κ3) is 3.81. The Labute approximate surface area is 97.8 Å². The van der Waals surface area contributed by atoms with Crippen molar-refractivity contribution < 1.29 is 0 Å². The van der Waals surface area contributed by atoms with Crippen molar-refractivity contribution in [3.8, 4) is 0 Å². The molecule has 0 aromatic heterocycles. The van der Waals surface area contributed by atoms with Gasteiger partial charge in [-0.15, -0.1) is 0 Å². The lowest BCUT2D eigenvalue weighted by atomic mass is 9.64. The van der Waals surface area contributed by atoms with E-state index >= 15 is 0 Å². The van der Waals surface area contributed by atoms with Gasteiger partial charge < -0.3 is 0 Å². The molecule has 0 heteroatoms. The van der Waals surface area contributed by atoms with Crippen molar-refractivity contribution in [1.82, 2.24) is 0 Å². The lowest BCUT2D eigenvalue weighted by Gasteiger charge is -2.42. The van der Waals surface area contributed by atoms with E-state index in [4.69, 9.17) is 0 Å². The van der Waals surface area contributed by atoms with E-state index in [1.54, 1.807) is 0 Å². The minimum Gasteiger partial charge on any atom is -0.0654 e. The molecule has 0 spiro atoms. The monoisotopic (exact) mass is 212 g/mol. The molecule has 0 amide bonds. The quantitative estimate of drug-likeness (QED) is 0.521. The molecule has 0 N–H and O–H groups in total. The second-order valence-corrected chi connectivity index (χ2v) is 5.89. The summed E-state index contributed by atoms with van der Waals surface area (Å²) in [5.41, 5.74) is 0.498. The molecule has 0 aromatic carbocycles. The van der Waals surface area contributed by atoms with E-state index in [0.717, 1.165) is 17.8 Å². The third-order valence-corrected chi connectivity index (χ3v) is 4.81. The van der Waals surface area contributed by atoms with Gasteiger partial charge >= 0.3 is 0 Å². The van der Waals surface area contributed by atoms with Crippen LogP contribution in [0.1, 0.15) is 74.1 Å². The lowest BCUT2D eigenvalue weighted by Crippen LogP contribution is -2.34. The highest BCUT2D eigenvalue weighted by Crippen LogP contribution is 2.43. The zero-order valence-electron chi connectivity index (χ0n) is 12.1. The van der Waals surface area contributed by atoms with Gasteiger partial charge in [-0.1, -0.05) is 74.1 Å². The van der Waals surface area contributed by atoms with Crippen LogP contribution in [-0.4, -0.2) is 0 Å². The first-order chi connectivity index (χ1) is 6.91. The maximum absolute atomic E-state index is 2.47. The Kier molecular flexibility index (Phi) is 6.55. The number of rotatable bonds is 7. The van der Waals surface area contributed by atoms with Crippen LogP contribution in [0.3, 0.4) is 0 Å². The lowest BCUT2D eigenvalue weighted by molar-refractivity contribution is 0.0764. The molecule has 2 atom stereocenters. The Morgan fingerprint density at radius 1 is 0.933 bits per heavy atom. The molecular weight excluding hydrogens is 180 g/mol. The van der Waals surface area contributed by atoms with Gasteiger partial charge in [-0.3, -0.25) is 0 Å². The van der Waals surface area contributed by atoms with Gasteiger partial charge in [0.25, 0.3) is 0 Å². The van der Waals surface area contributed by atoms with Crippen molar-refractivity contribution in [3.63, 3.8) is 0 Å². The van der Waals surface area contributed by atoms with Gasteiger partial charge in [0.15, 0.2) is 0 Å². The third-order valence-electron chi connectivity index (χ3n) is 4.81. The van der Waals surface area contributed by atoms with Crippen molar-refractivity contribution in [2.45, 2.75) is 74.1 Å². The van der Waals surface area contributed by atoms with Crippen molar-refractivity contribution >= 4 is 0 Å². The summed E-state index contributed by atoms with van der Waals surface area (Å²) in [5.74, 6) is 2.58. The molecule has 0 aliphatic carbocycles. The maximum atomic E-state index is 2.47. The van der Waals surface area contributed by atoms with E-state index in [0.29, 0.717) is 5.41 Å². The largest absolute Gasteiger partial charge is 0.0654 e. The Morgan fingerprint density at radius 2 is 1.40 bits per heavy atom. The van der Waals surface area contributed by atoms with Crippen LogP contribution in [0, 0.1) is 23.2 Å². The van der Waals surface area contributed by atoms with E-state index < -0.39 is 0 Å². The first kappa shape index (κ1) is 15.0. The van der Waals surface area contributed by atoms with Gasteiger partial charge in [-0.25, -0.2) is 0 Å². The number of hydrogen-bond acceptors (Lipinski definition) is 0. The summed E-state index contributed by atoms with van der Waals surface area (Å²) < 4.78 is 0. The molecule has 0 fully saturated rings. The van der Waals surface area contributed by atoms with Gasteiger partial charge in [-0.2, -0.15) is 0 Å². The Balaban J connectivity index is 4.54. The summed E-state index contributed by atoms with van der Waals surface area (Å²) in [5, 5.41) is 0. The Hall–Kier alpha value is 0. The fraction of sp³-hybridized carbons (Fsp3) is 1.00. The zero-order chi connectivity index (χ0) is 12.1. The summed E-state index contributed by atoms with van der Waals surface area (Å²) in [6.07, 6.45) is 5.36. The van der Waals surface area contributed by atoms with E-state index in [1.807, 2.05) is 0 Å². The summed E-state index contributed by atoms with van der Waals surface area (Å²) in [6.45, 7) is 16.8. The van der Waals surface area contributed by atoms with Crippen LogP contribution < -0.4 is 0 Å². The molecule has 0 heterocycles. The first-order valence-corrected chi connectivity index (χ1v) is 6.91. The maximum Gasteiger partial charge on any atom is -0.0298 e. The highest BCUT2D eigenvalue weighted by Gasteiger charge is 2.34. The fourth-order valence-corrected chi connectivity index (χ4v) is 3.15. The van der Waals surface area contributed by atoms with Gasteiger partial charge in [-0.05, 0) is 23.2 Å². The van der Waals surface area contributed by atoms with Crippen molar-refractivity contribution in [2.75, 3.05) is 0 Å². The Morgan fingerprint density at radius 3 is 1.73 bits per heavy atom. The average Bonchev–Trinajstić information content (AvgIpc) is 2.18. The Bertz CT molecular complexity index is 153. The minimum atomic E-state index is 0.498. The topological polar surface area (TPSA) is 0 Å². The van der Waals surface area contributed by atoms with Crippen LogP contribution in [0.4, 0.5) is 0 Å². The van der Waals surface area contributed by atoms with Crippen molar-refractivity contribution in [2.24, 2.45) is 23.2 Å². The summed E-state index contributed by atoms with van der Waals surface area (Å²) >= 11 is 0. The highest BCUT2D eigenvalue weighted by atomic mass is 14.4. The van der Waals surface area contributed by atoms with Gasteiger partial charge in [0.2, 0.25) is 0 Å². The predicted molar refractivity (Wildman–Crippen MR) is 71.1 cm³/mol. The van der Waals surface area contributed by atoms with Gasteiger partial charge in [0, 0.05) is 0 Å². The van der Waals surface area contributed by atoms with Gasteiger partial charge in [0.1, 0.15) is 0 Å². The molecule has 0 aliphatic heterocycles. The molecule has 0 rings (SSSR count). The molecule has 0 aromatic rings. The van der Waals surface area contributed by atoms with Crippen LogP contribution in [0.25, 0.3) is 0 Å². The smallest absolute Gasteiger partial charge is 0.0298 e. The van der Waals surface area contributed by atoms with Crippen molar-refractivity contribution in [1.29, 1.82) is 0 Å². The van der Waals surface area contributed by atoms with Crippen LogP contribution in [0.15, 0.2) is 0 Å². The molecule has 0 saturated heterocycles. The van der Waals surface area contributed by atoms with Gasteiger partial charge in [0.05, 0.1) is 0 Å². The molecular formula is C15H32. The normalized spacial score (nSPS) is 16.8. The zero-order valence-corrected chi connectivity index (χ0v) is 12.1. The molecule has 0 nitrogen and oxygen atoms in total. The van der Waals surface area contributed by atoms with Crippen LogP contribution in [0.5, 0.6) is 0 Å². The van der Waals surface area contributed by atoms with Crippen LogP contribution in [-0.2, 0) is 0 Å². The first-order valence-electron chi connectivity index (χ1n) is 6.91. The van der Waals surface area contributed by atoms with Crippen LogP contribution >= 0.6 is 0 Å². The summed E-state index contributed by atoms with van der Waals surface area (Å²) in [7, 11) is 0. The SMILES string of the molecule is CCCC(C)C(C)C(C)(C)C(CC)CC. The van der Waals surface area contributed by atoms with E-state index in [1.165, 1.54) is 25.7 Å². The molecule has 0 radical (unpaired) electrons. The second-order valence-electron chi connectivity index (χ2n) is 5.89. The fourth-order valence-electron chi connectivity index (χ4n) is 3.15. The summed E-state index contributed by atoms with van der Waals surface area (Å²) in [4.78, 5) is 0. The van der Waals surface area contributed by atoms with E-state index in [9.17, 15) is 0 Å². The molecule has 92 valence electrons. The van der Waals surface area contributed by atoms with Crippen LogP contribution in [0.2, 0.25) is 0 Å². The molecule has 0 aliphatic rings. The molecule has 0 saturated carbocycles. The van der Waals surface area contributed by atoms with Crippen molar-refractivity contribution in [3.05, 3.63) is 0 Å². The standard InChI is InChI=1S/C15H32/c1-8-11-12(4)13(5)15(6,7)14(9-2)10-3/h12-14H,8-11H2,1-7H3.